The van der Waals surface area contributed by atoms with E-state index in [2.05, 4.69) is 31.0 Å². The molecule has 0 spiro atoms. The largest absolute Gasteiger partial charge is 0.378 e. The summed E-state index contributed by atoms with van der Waals surface area (Å²) in [5.41, 5.74) is 0. The second kappa shape index (κ2) is 7.20. The Hall–Kier alpha value is -0.120. The molecule has 0 saturated carbocycles. The summed E-state index contributed by atoms with van der Waals surface area (Å²) in [6.07, 6.45) is 2.58. The van der Waals surface area contributed by atoms with Crippen LogP contribution in [0.25, 0.3) is 0 Å². The first kappa shape index (κ1) is 12.9. The molecule has 0 aliphatic carbocycles. The Morgan fingerprint density at radius 2 is 2.27 bits per heavy atom. The van der Waals surface area contributed by atoms with Crippen LogP contribution in [0.2, 0.25) is 0 Å². The zero-order chi connectivity index (χ0) is 11.1. The molecule has 1 heterocycles. The first-order valence-corrected chi connectivity index (χ1v) is 6.29. The van der Waals surface area contributed by atoms with Crippen molar-refractivity contribution in [1.82, 2.24) is 10.2 Å². The molecule has 1 N–H and O–H groups in total. The molecule has 1 saturated heterocycles. The molecule has 1 aliphatic heterocycles. The van der Waals surface area contributed by atoms with Crippen LogP contribution in [0.4, 0.5) is 0 Å². The second-order valence-electron chi connectivity index (χ2n) is 4.68. The Kier molecular flexibility index (Phi) is 6.22. The molecule has 90 valence electrons. The lowest BCUT2D eigenvalue weighted by Crippen LogP contribution is -2.51. The van der Waals surface area contributed by atoms with Crippen LogP contribution >= 0.6 is 0 Å². The first-order chi connectivity index (χ1) is 7.24. The monoisotopic (exact) mass is 214 g/mol. The average molecular weight is 214 g/mol. The summed E-state index contributed by atoms with van der Waals surface area (Å²) >= 11 is 0. The molecular formula is C12H26N2O. The number of rotatable bonds is 6. The van der Waals surface area contributed by atoms with Crippen molar-refractivity contribution in [3.8, 4) is 0 Å². The quantitative estimate of drug-likeness (QED) is 0.725. The van der Waals surface area contributed by atoms with Gasteiger partial charge in [0.1, 0.15) is 0 Å². The van der Waals surface area contributed by atoms with E-state index in [1.54, 1.807) is 0 Å². The third-order valence-corrected chi connectivity index (χ3v) is 2.91. The van der Waals surface area contributed by atoms with Crippen molar-refractivity contribution < 1.29 is 4.74 Å². The van der Waals surface area contributed by atoms with E-state index in [9.17, 15) is 0 Å². The fraction of sp³-hybridized carbons (Fsp3) is 1.00. The number of hydrogen-bond donors (Lipinski definition) is 1. The van der Waals surface area contributed by atoms with Gasteiger partial charge in [0, 0.05) is 25.2 Å². The molecule has 0 radical (unpaired) electrons. The van der Waals surface area contributed by atoms with Crippen molar-refractivity contribution in [2.45, 2.75) is 45.7 Å². The van der Waals surface area contributed by atoms with E-state index < -0.39 is 0 Å². The molecule has 1 rings (SSSR count). The van der Waals surface area contributed by atoms with Crippen molar-refractivity contribution in [2.75, 3.05) is 32.8 Å². The lowest BCUT2D eigenvalue weighted by molar-refractivity contribution is -0.00778. The van der Waals surface area contributed by atoms with E-state index in [0.717, 1.165) is 26.3 Å². The summed E-state index contributed by atoms with van der Waals surface area (Å²) in [5, 5.41) is 3.50. The second-order valence-corrected chi connectivity index (χ2v) is 4.68. The van der Waals surface area contributed by atoms with Crippen LogP contribution in [0.3, 0.4) is 0 Å². The van der Waals surface area contributed by atoms with Crippen LogP contribution in [-0.4, -0.2) is 49.8 Å². The van der Waals surface area contributed by atoms with Gasteiger partial charge in [0.2, 0.25) is 0 Å². The molecule has 1 unspecified atom stereocenters. The highest BCUT2D eigenvalue weighted by atomic mass is 16.5. The smallest absolute Gasteiger partial charge is 0.0634 e. The van der Waals surface area contributed by atoms with Crippen molar-refractivity contribution in [3.05, 3.63) is 0 Å². The van der Waals surface area contributed by atoms with Crippen molar-refractivity contribution >= 4 is 0 Å². The Balaban J connectivity index is 2.29. The molecule has 0 aromatic carbocycles. The molecule has 1 atom stereocenters. The van der Waals surface area contributed by atoms with Crippen molar-refractivity contribution in [1.29, 1.82) is 0 Å². The predicted molar refractivity (Wildman–Crippen MR) is 64.2 cm³/mol. The molecular weight excluding hydrogens is 188 g/mol. The molecule has 1 fully saturated rings. The lowest BCUT2D eigenvalue weighted by Gasteiger charge is -2.36. The summed E-state index contributed by atoms with van der Waals surface area (Å²) in [4.78, 5) is 2.57. The van der Waals surface area contributed by atoms with Gasteiger partial charge in [-0.15, -0.1) is 0 Å². The van der Waals surface area contributed by atoms with Crippen LogP contribution in [0.1, 0.15) is 33.6 Å². The maximum Gasteiger partial charge on any atom is 0.0634 e. The van der Waals surface area contributed by atoms with Crippen LogP contribution in [-0.2, 0) is 4.74 Å². The van der Waals surface area contributed by atoms with Gasteiger partial charge in [0.15, 0.2) is 0 Å². The van der Waals surface area contributed by atoms with Crippen LogP contribution in [0, 0.1) is 0 Å². The van der Waals surface area contributed by atoms with Gasteiger partial charge in [-0.2, -0.15) is 0 Å². The highest BCUT2D eigenvalue weighted by Gasteiger charge is 2.21. The minimum absolute atomic E-state index is 0.569. The SMILES string of the molecule is CCCCN1CCOCC1CNC(C)C. The molecule has 0 aromatic heterocycles. The van der Waals surface area contributed by atoms with Gasteiger partial charge in [-0.1, -0.05) is 27.2 Å². The normalized spacial score (nSPS) is 23.6. The van der Waals surface area contributed by atoms with Gasteiger partial charge in [-0.05, 0) is 13.0 Å². The van der Waals surface area contributed by atoms with E-state index in [1.807, 2.05) is 0 Å². The maximum atomic E-state index is 5.54. The van der Waals surface area contributed by atoms with Crippen LogP contribution in [0.15, 0.2) is 0 Å². The molecule has 0 bridgehead atoms. The van der Waals surface area contributed by atoms with Gasteiger partial charge >= 0.3 is 0 Å². The van der Waals surface area contributed by atoms with E-state index in [-0.39, 0.29) is 0 Å². The molecule has 15 heavy (non-hydrogen) atoms. The lowest BCUT2D eigenvalue weighted by atomic mass is 10.2. The van der Waals surface area contributed by atoms with Gasteiger partial charge in [-0.3, -0.25) is 4.90 Å². The number of unbranched alkanes of at least 4 members (excludes halogenated alkanes) is 1. The fourth-order valence-electron chi connectivity index (χ4n) is 1.90. The van der Waals surface area contributed by atoms with Crippen molar-refractivity contribution in [2.24, 2.45) is 0 Å². The molecule has 3 nitrogen and oxygen atoms in total. The van der Waals surface area contributed by atoms with Crippen LogP contribution in [0.5, 0.6) is 0 Å². The predicted octanol–water partition coefficient (Wildman–Crippen LogP) is 1.49. The van der Waals surface area contributed by atoms with Gasteiger partial charge < -0.3 is 10.1 Å². The number of ether oxygens (including phenoxy) is 1. The molecule has 3 heteroatoms. The molecule has 1 aliphatic rings. The summed E-state index contributed by atoms with van der Waals surface area (Å²) in [7, 11) is 0. The third kappa shape index (κ3) is 4.96. The number of nitrogens with zero attached hydrogens (tertiary/aromatic N) is 1. The first-order valence-electron chi connectivity index (χ1n) is 6.29. The molecule has 0 amide bonds. The highest BCUT2D eigenvalue weighted by molar-refractivity contribution is 4.77. The maximum absolute atomic E-state index is 5.54. The Morgan fingerprint density at radius 1 is 1.47 bits per heavy atom. The number of hydrogen-bond acceptors (Lipinski definition) is 3. The number of nitrogens with one attached hydrogen (secondary N) is 1. The fourth-order valence-corrected chi connectivity index (χ4v) is 1.90. The topological polar surface area (TPSA) is 24.5 Å². The zero-order valence-electron chi connectivity index (χ0n) is 10.5. The van der Waals surface area contributed by atoms with E-state index in [4.69, 9.17) is 4.74 Å². The van der Waals surface area contributed by atoms with E-state index in [0.29, 0.717) is 12.1 Å². The highest BCUT2D eigenvalue weighted by Crippen LogP contribution is 2.07. The van der Waals surface area contributed by atoms with Gasteiger partial charge in [0.25, 0.3) is 0 Å². The third-order valence-electron chi connectivity index (χ3n) is 2.91. The standard InChI is InChI=1S/C12H26N2O/c1-4-5-6-14-7-8-15-10-12(14)9-13-11(2)3/h11-13H,4-10H2,1-3H3. The van der Waals surface area contributed by atoms with E-state index in [1.165, 1.54) is 19.4 Å². The van der Waals surface area contributed by atoms with E-state index >= 15 is 0 Å². The summed E-state index contributed by atoms with van der Waals surface area (Å²) in [6.45, 7) is 11.8. The Labute approximate surface area is 94.2 Å². The van der Waals surface area contributed by atoms with Gasteiger partial charge in [0.05, 0.1) is 13.2 Å². The average Bonchev–Trinajstić information content (AvgIpc) is 2.24. The summed E-state index contributed by atoms with van der Waals surface area (Å²) in [5.74, 6) is 0. The summed E-state index contributed by atoms with van der Waals surface area (Å²) in [6, 6.07) is 1.15. The Morgan fingerprint density at radius 3 is 2.93 bits per heavy atom. The minimum Gasteiger partial charge on any atom is -0.378 e. The summed E-state index contributed by atoms with van der Waals surface area (Å²) < 4.78 is 5.54. The minimum atomic E-state index is 0.569. The molecule has 0 aromatic rings. The van der Waals surface area contributed by atoms with Gasteiger partial charge in [-0.25, -0.2) is 0 Å². The zero-order valence-corrected chi connectivity index (χ0v) is 10.5. The van der Waals surface area contributed by atoms with Crippen molar-refractivity contribution in [3.63, 3.8) is 0 Å². The Bertz CT molecular complexity index is 162. The number of morpholine rings is 1. The van der Waals surface area contributed by atoms with Crippen LogP contribution < -0.4 is 5.32 Å².